The van der Waals surface area contributed by atoms with Gasteiger partial charge >= 0.3 is 0 Å². The number of anilines is 1. The summed E-state index contributed by atoms with van der Waals surface area (Å²) in [4.78, 5) is 11.0. The first kappa shape index (κ1) is 16.0. The molecule has 0 radical (unpaired) electrons. The normalized spacial score (nSPS) is 22.6. The second-order valence-electron chi connectivity index (χ2n) is 5.95. The van der Waals surface area contributed by atoms with E-state index in [4.69, 9.17) is 0 Å². The second-order valence-corrected chi connectivity index (χ2v) is 5.95. The summed E-state index contributed by atoms with van der Waals surface area (Å²) in [6.45, 7) is 2.59. The number of hydrogen-bond acceptors (Lipinski definition) is 3. The zero-order valence-corrected chi connectivity index (χ0v) is 12.8. The molecule has 2 rings (SSSR count). The molecule has 0 aromatic heterocycles. The molecule has 1 saturated carbocycles. The van der Waals surface area contributed by atoms with Gasteiger partial charge in [0.15, 0.2) is 0 Å². The van der Waals surface area contributed by atoms with Crippen LogP contribution in [0.4, 0.5) is 5.69 Å². The van der Waals surface area contributed by atoms with Crippen LogP contribution >= 0.6 is 0 Å². The maximum atomic E-state index is 11.0. The minimum absolute atomic E-state index is 0.0508. The van der Waals surface area contributed by atoms with Crippen molar-refractivity contribution >= 4 is 11.6 Å². The summed E-state index contributed by atoms with van der Waals surface area (Å²) in [6.07, 6.45) is 6.02. The molecule has 0 saturated heterocycles. The van der Waals surface area contributed by atoms with E-state index in [1.807, 2.05) is 24.3 Å². The lowest BCUT2D eigenvalue weighted by Gasteiger charge is -2.24. The molecule has 4 nitrogen and oxygen atoms in total. The standard InChI is InChI=1S/C17H26N2O2/c1-13(21)19-16-9-7-14(8-10-16)11-18-17-6-4-2-3-5-15(17)12-20/h7-10,15,17-18,20H,2-6,11-12H2,1H3,(H,19,21). The molecular weight excluding hydrogens is 264 g/mol. The highest BCUT2D eigenvalue weighted by Gasteiger charge is 2.22. The van der Waals surface area contributed by atoms with E-state index in [1.54, 1.807) is 0 Å². The van der Waals surface area contributed by atoms with Gasteiger partial charge in [0.2, 0.25) is 5.91 Å². The van der Waals surface area contributed by atoms with Gasteiger partial charge in [0, 0.05) is 31.8 Å². The van der Waals surface area contributed by atoms with Gasteiger partial charge < -0.3 is 15.7 Å². The van der Waals surface area contributed by atoms with E-state index >= 15 is 0 Å². The Balaban J connectivity index is 1.87. The minimum Gasteiger partial charge on any atom is -0.396 e. The van der Waals surface area contributed by atoms with Crippen molar-refractivity contribution in [2.75, 3.05) is 11.9 Å². The average Bonchev–Trinajstić information content (AvgIpc) is 2.70. The predicted molar refractivity (Wildman–Crippen MR) is 85.0 cm³/mol. The highest BCUT2D eigenvalue weighted by atomic mass is 16.3. The van der Waals surface area contributed by atoms with Gasteiger partial charge in [-0.2, -0.15) is 0 Å². The van der Waals surface area contributed by atoms with Crippen LogP contribution in [0, 0.1) is 5.92 Å². The van der Waals surface area contributed by atoms with Gasteiger partial charge in [0.05, 0.1) is 0 Å². The van der Waals surface area contributed by atoms with Crippen LogP contribution in [0.5, 0.6) is 0 Å². The van der Waals surface area contributed by atoms with E-state index in [-0.39, 0.29) is 12.5 Å². The molecule has 2 unspecified atom stereocenters. The Kier molecular flexibility index (Phi) is 6.21. The number of carbonyl (C=O) groups excluding carboxylic acids is 1. The Bertz CT molecular complexity index is 445. The van der Waals surface area contributed by atoms with Crippen molar-refractivity contribution in [3.63, 3.8) is 0 Å². The fourth-order valence-electron chi connectivity index (χ4n) is 3.03. The van der Waals surface area contributed by atoms with Crippen LogP contribution in [-0.4, -0.2) is 23.7 Å². The first-order valence-electron chi connectivity index (χ1n) is 7.90. The summed E-state index contributed by atoms with van der Waals surface area (Å²) in [5.41, 5.74) is 2.03. The molecule has 3 N–H and O–H groups in total. The van der Waals surface area contributed by atoms with Crippen LogP contribution in [0.3, 0.4) is 0 Å². The number of rotatable bonds is 5. The lowest BCUT2D eigenvalue weighted by molar-refractivity contribution is -0.114. The van der Waals surface area contributed by atoms with Gasteiger partial charge in [0.25, 0.3) is 0 Å². The van der Waals surface area contributed by atoms with Crippen LogP contribution < -0.4 is 10.6 Å². The first-order valence-corrected chi connectivity index (χ1v) is 7.90. The number of hydrogen-bond donors (Lipinski definition) is 3. The number of aliphatic hydroxyl groups is 1. The smallest absolute Gasteiger partial charge is 0.221 e. The minimum atomic E-state index is -0.0508. The van der Waals surface area contributed by atoms with Crippen LogP contribution in [-0.2, 0) is 11.3 Å². The van der Waals surface area contributed by atoms with Gasteiger partial charge in [0.1, 0.15) is 0 Å². The van der Waals surface area contributed by atoms with Gasteiger partial charge in [-0.1, -0.05) is 31.4 Å². The number of benzene rings is 1. The highest BCUT2D eigenvalue weighted by molar-refractivity contribution is 5.88. The van der Waals surface area contributed by atoms with E-state index < -0.39 is 0 Å². The summed E-state index contributed by atoms with van der Waals surface area (Å²) in [5.74, 6) is 0.330. The zero-order chi connectivity index (χ0) is 15.1. The fourth-order valence-corrected chi connectivity index (χ4v) is 3.03. The maximum absolute atomic E-state index is 11.0. The van der Waals surface area contributed by atoms with E-state index in [1.165, 1.54) is 31.7 Å². The molecule has 0 bridgehead atoms. The Hall–Kier alpha value is -1.39. The molecule has 0 spiro atoms. The average molecular weight is 290 g/mol. The van der Waals surface area contributed by atoms with Crippen molar-refractivity contribution in [2.24, 2.45) is 5.92 Å². The Morgan fingerprint density at radius 1 is 1.19 bits per heavy atom. The van der Waals surface area contributed by atoms with Crippen molar-refractivity contribution in [3.05, 3.63) is 29.8 Å². The molecule has 4 heteroatoms. The molecular formula is C17H26N2O2. The lowest BCUT2D eigenvalue weighted by atomic mass is 9.95. The van der Waals surface area contributed by atoms with E-state index in [9.17, 15) is 9.90 Å². The molecule has 1 amide bonds. The quantitative estimate of drug-likeness (QED) is 0.731. The predicted octanol–water partition coefficient (Wildman–Crippen LogP) is 2.68. The van der Waals surface area contributed by atoms with Gasteiger partial charge in [-0.15, -0.1) is 0 Å². The number of nitrogens with one attached hydrogen (secondary N) is 2. The lowest BCUT2D eigenvalue weighted by Crippen LogP contribution is -2.36. The van der Waals surface area contributed by atoms with E-state index in [0.29, 0.717) is 12.0 Å². The van der Waals surface area contributed by atoms with Crippen LogP contribution in [0.2, 0.25) is 0 Å². The summed E-state index contributed by atoms with van der Waals surface area (Å²) in [5, 5.41) is 15.9. The summed E-state index contributed by atoms with van der Waals surface area (Å²) < 4.78 is 0. The molecule has 1 aliphatic rings. The first-order chi connectivity index (χ1) is 10.2. The van der Waals surface area contributed by atoms with Gasteiger partial charge in [-0.05, 0) is 36.5 Å². The van der Waals surface area contributed by atoms with Crippen LogP contribution in [0.1, 0.15) is 44.6 Å². The topological polar surface area (TPSA) is 61.4 Å². The fraction of sp³-hybridized carbons (Fsp3) is 0.588. The van der Waals surface area contributed by atoms with Crippen molar-refractivity contribution in [2.45, 2.75) is 51.6 Å². The monoisotopic (exact) mass is 290 g/mol. The largest absolute Gasteiger partial charge is 0.396 e. The molecule has 116 valence electrons. The van der Waals surface area contributed by atoms with Gasteiger partial charge in [-0.3, -0.25) is 4.79 Å². The summed E-state index contributed by atoms with van der Waals surface area (Å²) in [6, 6.07) is 8.32. The Morgan fingerprint density at radius 3 is 2.57 bits per heavy atom. The Labute approximate surface area is 126 Å². The zero-order valence-electron chi connectivity index (χ0n) is 12.8. The summed E-state index contributed by atoms with van der Waals surface area (Å²) >= 11 is 0. The number of aliphatic hydroxyl groups excluding tert-OH is 1. The molecule has 1 aliphatic carbocycles. The molecule has 1 aromatic carbocycles. The molecule has 0 heterocycles. The number of amides is 1. The van der Waals surface area contributed by atoms with Crippen molar-refractivity contribution < 1.29 is 9.90 Å². The highest BCUT2D eigenvalue weighted by Crippen LogP contribution is 2.23. The third kappa shape index (κ3) is 5.14. The third-order valence-electron chi connectivity index (χ3n) is 4.24. The van der Waals surface area contributed by atoms with Crippen molar-refractivity contribution in [1.82, 2.24) is 5.32 Å². The van der Waals surface area contributed by atoms with Crippen molar-refractivity contribution in [3.8, 4) is 0 Å². The maximum Gasteiger partial charge on any atom is 0.221 e. The molecule has 1 aromatic rings. The van der Waals surface area contributed by atoms with Crippen molar-refractivity contribution in [1.29, 1.82) is 0 Å². The third-order valence-corrected chi connectivity index (χ3v) is 4.24. The number of carbonyl (C=O) groups is 1. The molecule has 2 atom stereocenters. The van der Waals surface area contributed by atoms with Crippen LogP contribution in [0.25, 0.3) is 0 Å². The van der Waals surface area contributed by atoms with E-state index in [2.05, 4.69) is 10.6 Å². The Morgan fingerprint density at radius 2 is 1.90 bits per heavy atom. The SMILES string of the molecule is CC(=O)Nc1ccc(CNC2CCCCCC2CO)cc1. The van der Waals surface area contributed by atoms with E-state index in [0.717, 1.165) is 25.1 Å². The second kappa shape index (κ2) is 8.15. The van der Waals surface area contributed by atoms with Crippen LogP contribution in [0.15, 0.2) is 24.3 Å². The summed E-state index contributed by atoms with van der Waals surface area (Å²) in [7, 11) is 0. The van der Waals surface area contributed by atoms with Gasteiger partial charge in [-0.25, -0.2) is 0 Å². The molecule has 0 aliphatic heterocycles. The molecule has 21 heavy (non-hydrogen) atoms. The molecule has 1 fully saturated rings.